The van der Waals surface area contributed by atoms with Gasteiger partial charge in [0, 0.05) is 21.3 Å². The Kier molecular flexibility index (Phi) is 5.53. The van der Waals surface area contributed by atoms with Gasteiger partial charge in [0.2, 0.25) is 5.82 Å². The second-order valence-electron chi connectivity index (χ2n) is 6.57. The Balaban J connectivity index is 1.74. The quantitative estimate of drug-likeness (QED) is 0.426. The predicted octanol–water partition coefficient (Wildman–Crippen LogP) is 5.94. The van der Waals surface area contributed by atoms with Crippen molar-refractivity contribution in [3.8, 4) is 17.1 Å². The highest BCUT2D eigenvalue weighted by Gasteiger charge is 2.19. The summed E-state index contributed by atoms with van der Waals surface area (Å²) >= 11 is 12.1. The number of aromatic nitrogens is 3. The number of carbonyl (C=O) groups is 1. The number of nitrogens with zero attached hydrogens (tertiary/aromatic N) is 3. The molecule has 5 nitrogen and oxygen atoms in total. The van der Waals surface area contributed by atoms with Crippen LogP contribution in [0.5, 0.6) is 0 Å². The van der Waals surface area contributed by atoms with Crippen molar-refractivity contribution in [3.63, 3.8) is 0 Å². The van der Waals surface area contributed by atoms with E-state index in [-0.39, 0.29) is 11.6 Å². The van der Waals surface area contributed by atoms with E-state index in [4.69, 9.17) is 23.2 Å². The van der Waals surface area contributed by atoms with Crippen LogP contribution in [0.3, 0.4) is 0 Å². The molecule has 0 saturated carbocycles. The van der Waals surface area contributed by atoms with Crippen molar-refractivity contribution < 1.29 is 9.18 Å². The number of halogens is 3. The molecule has 0 aliphatic heterocycles. The van der Waals surface area contributed by atoms with Gasteiger partial charge < -0.3 is 5.32 Å². The van der Waals surface area contributed by atoms with Crippen LogP contribution in [-0.2, 0) is 0 Å². The van der Waals surface area contributed by atoms with E-state index in [0.717, 1.165) is 5.56 Å². The van der Waals surface area contributed by atoms with Crippen LogP contribution >= 0.6 is 23.2 Å². The standard InChI is InChI=1S/C22H15Cl2FN4O/c1-13-2-9-17(12-19(13)24)26-22(30)20-27-21(14-3-5-15(23)6-4-14)29(28-20)18-10-7-16(25)8-11-18/h2-12H,1H3,(H,26,30). The Hall–Kier alpha value is -3.22. The number of anilines is 1. The summed E-state index contributed by atoms with van der Waals surface area (Å²) in [5.41, 5.74) is 2.69. The smallest absolute Gasteiger partial charge is 0.295 e. The van der Waals surface area contributed by atoms with Gasteiger partial charge in [0.25, 0.3) is 5.91 Å². The Labute approximate surface area is 182 Å². The lowest BCUT2D eigenvalue weighted by Gasteiger charge is -2.06. The van der Waals surface area contributed by atoms with Crippen LogP contribution in [0, 0.1) is 12.7 Å². The molecule has 1 heterocycles. The van der Waals surface area contributed by atoms with Crippen LogP contribution in [0.4, 0.5) is 10.1 Å². The van der Waals surface area contributed by atoms with Crippen molar-refractivity contribution >= 4 is 34.8 Å². The van der Waals surface area contributed by atoms with Crippen LogP contribution in [0.2, 0.25) is 10.0 Å². The molecule has 1 aromatic heterocycles. The molecule has 4 rings (SSSR count). The predicted molar refractivity (Wildman–Crippen MR) is 116 cm³/mol. The molecule has 1 amide bonds. The van der Waals surface area contributed by atoms with Gasteiger partial charge in [-0.05, 0) is 73.2 Å². The zero-order valence-corrected chi connectivity index (χ0v) is 17.2. The maximum atomic E-state index is 13.4. The zero-order valence-electron chi connectivity index (χ0n) is 15.7. The number of nitrogens with one attached hydrogen (secondary N) is 1. The zero-order chi connectivity index (χ0) is 21.3. The summed E-state index contributed by atoms with van der Waals surface area (Å²) in [6, 6.07) is 17.9. The fourth-order valence-corrected chi connectivity index (χ4v) is 3.12. The Morgan fingerprint density at radius 1 is 1.00 bits per heavy atom. The van der Waals surface area contributed by atoms with Gasteiger partial charge in [-0.25, -0.2) is 14.1 Å². The number of carbonyl (C=O) groups excluding carboxylic acids is 1. The molecular formula is C22H15Cl2FN4O. The topological polar surface area (TPSA) is 59.8 Å². The summed E-state index contributed by atoms with van der Waals surface area (Å²) in [4.78, 5) is 17.2. The minimum atomic E-state index is -0.494. The molecule has 0 radical (unpaired) electrons. The van der Waals surface area contributed by atoms with Gasteiger partial charge >= 0.3 is 0 Å². The van der Waals surface area contributed by atoms with Crippen molar-refractivity contribution in [3.05, 3.63) is 94.0 Å². The molecule has 0 aliphatic rings. The van der Waals surface area contributed by atoms with E-state index in [2.05, 4.69) is 15.4 Å². The fourth-order valence-electron chi connectivity index (χ4n) is 2.81. The van der Waals surface area contributed by atoms with Gasteiger partial charge in [-0.3, -0.25) is 4.79 Å². The van der Waals surface area contributed by atoms with Crippen molar-refractivity contribution in [1.29, 1.82) is 0 Å². The van der Waals surface area contributed by atoms with Crippen LogP contribution in [0.25, 0.3) is 17.1 Å². The highest BCUT2D eigenvalue weighted by atomic mass is 35.5. The molecule has 0 spiro atoms. The first-order valence-corrected chi connectivity index (χ1v) is 9.73. The first-order valence-electron chi connectivity index (χ1n) is 8.97. The van der Waals surface area contributed by atoms with E-state index >= 15 is 0 Å². The van der Waals surface area contributed by atoms with Crippen molar-refractivity contribution in [1.82, 2.24) is 14.8 Å². The molecule has 4 aromatic rings. The first kappa shape index (κ1) is 20.1. The van der Waals surface area contributed by atoms with E-state index in [1.54, 1.807) is 48.5 Å². The number of hydrogen-bond acceptors (Lipinski definition) is 3. The second kappa shape index (κ2) is 8.26. The van der Waals surface area contributed by atoms with E-state index in [1.165, 1.54) is 16.8 Å². The van der Waals surface area contributed by atoms with E-state index < -0.39 is 5.91 Å². The minimum Gasteiger partial charge on any atom is -0.319 e. The van der Waals surface area contributed by atoms with Gasteiger partial charge in [0.15, 0.2) is 5.82 Å². The summed E-state index contributed by atoms with van der Waals surface area (Å²) in [7, 11) is 0. The van der Waals surface area contributed by atoms with E-state index in [0.29, 0.717) is 32.8 Å². The van der Waals surface area contributed by atoms with Crippen LogP contribution in [0.15, 0.2) is 66.7 Å². The lowest BCUT2D eigenvalue weighted by molar-refractivity contribution is 0.101. The average Bonchev–Trinajstić information content (AvgIpc) is 3.17. The highest BCUT2D eigenvalue weighted by Crippen LogP contribution is 2.24. The Morgan fingerprint density at radius 3 is 2.37 bits per heavy atom. The number of rotatable bonds is 4. The van der Waals surface area contributed by atoms with E-state index in [1.807, 2.05) is 13.0 Å². The largest absolute Gasteiger partial charge is 0.319 e. The number of aryl methyl sites for hydroxylation is 1. The molecule has 0 saturated heterocycles. The van der Waals surface area contributed by atoms with Gasteiger partial charge in [-0.2, -0.15) is 0 Å². The molecule has 0 fully saturated rings. The molecule has 30 heavy (non-hydrogen) atoms. The third-order valence-corrected chi connectivity index (χ3v) is 5.07. The van der Waals surface area contributed by atoms with Crippen molar-refractivity contribution in [2.24, 2.45) is 0 Å². The molecular weight excluding hydrogens is 426 g/mol. The highest BCUT2D eigenvalue weighted by molar-refractivity contribution is 6.31. The number of benzene rings is 3. The Bertz CT molecular complexity index is 1160. The summed E-state index contributed by atoms with van der Waals surface area (Å²) in [6.07, 6.45) is 0. The van der Waals surface area contributed by atoms with Gasteiger partial charge in [0.1, 0.15) is 5.82 Å². The summed E-state index contributed by atoms with van der Waals surface area (Å²) < 4.78 is 14.9. The van der Waals surface area contributed by atoms with E-state index in [9.17, 15) is 9.18 Å². The van der Waals surface area contributed by atoms with Crippen LogP contribution in [-0.4, -0.2) is 20.7 Å². The van der Waals surface area contributed by atoms with Crippen LogP contribution in [0.1, 0.15) is 16.2 Å². The third-order valence-electron chi connectivity index (χ3n) is 4.41. The molecule has 1 N–H and O–H groups in total. The lowest BCUT2D eigenvalue weighted by atomic mass is 10.2. The first-order chi connectivity index (χ1) is 14.4. The normalized spacial score (nSPS) is 10.8. The number of amides is 1. The molecule has 8 heteroatoms. The summed E-state index contributed by atoms with van der Waals surface area (Å²) in [6.45, 7) is 1.87. The van der Waals surface area contributed by atoms with Gasteiger partial charge in [-0.1, -0.05) is 29.3 Å². The molecule has 0 bridgehead atoms. The second-order valence-corrected chi connectivity index (χ2v) is 7.42. The molecule has 0 unspecified atom stereocenters. The van der Waals surface area contributed by atoms with Gasteiger partial charge in [-0.15, -0.1) is 5.10 Å². The Morgan fingerprint density at radius 2 is 1.70 bits per heavy atom. The van der Waals surface area contributed by atoms with Crippen molar-refractivity contribution in [2.45, 2.75) is 6.92 Å². The summed E-state index contributed by atoms with van der Waals surface area (Å²) in [5.74, 6) is -0.488. The SMILES string of the molecule is Cc1ccc(NC(=O)c2nc(-c3ccc(Cl)cc3)n(-c3ccc(F)cc3)n2)cc1Cl. The summed E-state index contributed by atoms with van der Waals surface area (Å²) in [5, 5.41) is 8.21. The molecule has 3 aromatic carbocycles. The number of hydrogen-bond donors (Lipinski definition) is 1. The van der Waals surface area contributed by atoms with Crippen LogP contribution < -0.4 is 5.32 Å². The third kappa shape index (κ3) is 4.20. The van der Waals surface area contributed by atoms with Crippen molar-refractivity contribution in [2.75, 3.05) is 5.32 Å². The minimum absolute atomic E-state index is 0.0408. The average molecular weight is 441 g/mol. The molecule has 0 aliphatic carbocycles. The molecule has 0 atom stereocenters. The maximum Gasteiger partial charge on any atom is 0.295 e. The molecule has 150 valence electrons. The maximum absolute atomic E-state index is 13.4. The van der Waals surface area contributed by atoms with Gasteiger partial charge in [0.05, 0.1) is 5.69 Å². The monoisotopic (exact) mass is 440 g/mol. The lowest BCUT2D eigenvalue weighted by Crippen LogP contribution is -2.14. The fraction of sp³-hybridized carbons (Fsp3) is 0.0455.